The molecule has 0 radical (unpaired) electrons. The molecule has 1 rings (SSSR count). The van der Waals surface area contributed by atoms with Gasteiger partial charge in [0.1, 0.15) is 17.1 Å². The number of ether oxygens (including phenoxy) is 1. The standard InChI is InChI=1S/C15H19ClO4/c1-3-4-5-6-10(2)20-15(19)14-11(9-16)7-12(17)8-13(14)18/h3,7-8,10,17-18H,1,4-6,9H2,2H3/t10-/m0/s1. The third kappa shape index (κ3) is 4.46. The average Bonchev–Trinajstić information content (AvgIpc) is 2.37. The van der Waals surface area contributed by atoms with E-state index in [1.54, 1.807) is 6.92 Å². The average molecular weight is 299 g/mol. The van der Waals surface area contributed by atoms with Crippen LogP contribution < -0.4 is 0 Å². The lowest BCUT2D eigenvalue weighted by Crippen LogP contribution is -2.16. The van der Waals surface area contributed by atoms with Gasteiger partial charge in [0.25, 0.3) is 0 Å². The molecule has 1 atom stereocenters. The van der Waals surface area contributed by atoms with Crippen LogP contribution in [0.25, 0.3) is 0 Å². The minimum absolute atomic E-state index is 0.00274. The van der Waals surface area contributed by atoms with Crippen molar-refractivity contribution in [1.29, 1.82) is 0 Å². The molecule has 0 aliphatic rings. The lowest BCUT2D eigenvalue weighted by atomic mass is 10.1. The summed E-state index contributed by atoms with van der Waals surface area (Å²) >= 11 is 5.72. The summed E-state index contributed by atoms with van der Waals surface area (Å²) in [6.45, 7) is 5.42. The fraction of sp³-hybridized carbons (Fsp3) is 0.400. The van der Waals surface area contributed by atoms with E-state index in [0.717, 1.165) is 18.9 Å². The fourth-order valence-corrected chi connectivity index (χ4v) is 2.07. The quantitative estimate of drug-likeness (QED) is 0.348. The highest BCUT2D eigenvalue weighted by Crippen LogP contribution is 2.29. The number of hydrogen-bond acceptors (Lipinski definition) is 4. The number of carbonyl (C=O) groups excluding carboxylic acids is 1. The second-order valence-corrected chi connectivity index (χ2v) is 4.84. The molecule has 0 amide bonds. The van der Waals surface area contributed by atoms with Crippen LogP contribution in [0.4, 0.5) is 0 Å². The molecule has 1 aromatic carbocycles. The highest BCUT2D eigenvalue weighted by atomic mass is 35.5. The Balaban J connectivity index is 2.79. The molecule has 0 aromatic heterocycles. The van der Waals surface area contributed by atoms with Crippen LogP contribution in [0.2, 0.25) is 0 Å². The van der Waals surface area contributed by atoms with Gasteiger partial charge < -0.3 is 14.9 Å². The van der Waals surface area contributed by atoms with E-state index >= 15 is 0 Å². The van der Waals surface area contributed by atoms with E-state index in [1.165, 1.54) is 6.07 Å². The Bertz CT molecular complexity index is 485. The Kier molecular flexibility index (Phi) is 6.39. The normalized spacial score (nSPS) is 11.9. The Morgan fingerprint density at radius 1 is 1.50 bits per heavy atom. The minimum Gasteiger partial charge on any atom is -0.508 e. The number of carbonyl (C=O) groups is 1. The molecule has 0 bridgehead atoms. The van der Waals surface area contributed by atoms with Gasteiger partial charge in [0.15, 0.2) is 0 Å². The van der Waals surface area contributed by atoms with Crippen LogP contribution in [0, 0.1) is 0 Å². The van der Waals surface area contributed by atoms with Gasteiger partial charge in [-0.25, -0.2) is 4.79 Å². The molecule has 0 heterocycles. The molecule has 0 aliphatic heterocycles. The van der Waals surface area contributed by atoms with Gasteiger partial charge in [0.2, 0.25) is 0 Å². The zero-order chi connectivity index (χ0) is 15.1. The topological polar surface area (TPSA) is 66.8 Å². The van der Waals surface area contributed by atoms with Crippen LogP contribution in [-0.2, 0) is 10.6 Å². The van der Waals surface area contributed by atoms with Crippen molar-refractivity contribution in [3.05, 3.63) is 35.9 Å². The molecular weight excluding hydrogens is 280 g/mol. The van der Waals surface area contributed by atoms with Crippen molar-refractivity contribution < 1.29 is 19.7 Å². The maximum Gasteiger partial charge on any atom is 0.342 e. The molecule has 0 aliphatic carbocycles. The maximum atomic E-state index is 12.1. The van der Waals surface area contributed by atoms with Gasteiger partial charge in [-0.15, -0.1) is 18.2 Å². The first kappa shape index (κ1) is 16.4. The second-order valence-electron chi connectivity index (χ2n) is 4.57. The van der Waals surface area contributed by atoms with Crippen LogP contribution in [0.5, 0.6) is 11.5 Å². The molecule has 0 spiro atoms. The van der Waals surface area contributed by atoms with Gasteiger partial charge in [-0.1, -0.05) is 6.08 Å². The predicted octanol–water partition coefficient (Wildman–Crippen LogP) is 3.74. The summed E-state index contributed by atoms with van der Waals surface area (Å²) in [5, 5.41) is 19.1. The minimum atomic E-state index is -0.635. The number of esters is 1. The zero-order valence-corrected chi connectivity index (χ0v) is 12.2. The highest BCUT2D eigenvalue weighted by molar-refractivity contribution is 6.17. The summed E-state index contributed by atoms with van der Waals surface area (Å²) in [4.78, 5) is 12.1. The van der Waals surface area contributed by atoms with Crippen molar-refractivity contribution in [3.8, 4) is 11.5 Å². The van der Waals surface area contributed by atoms with E-state index in [4.69, 9.17) is 16.3 Å². The smallest absolute Gasteiger partial charge is 0.342 e. The summed E-state index contributed by atoms with van der Waals surface area (Å²) in [6, 6.07) is 2.43. The van der Waals surface area contributed by atoms with E-state index < -0.39 is 5.97 Å². The van der Waals surface area contributed by atoms with Gasteiger partial charge in [-0.05, 0) is 37.8 Å². The third-order valence-electron chi connectivity index (χ3n) is 2.86. The third-order valence-corrected chi connectivity index (χ3v) is 3.15. The number of benzene rings is 1. The molecule has 5 heteroatoms. The Hall–Kier alpha value is -1.68. The molecule has 0 fully saturated rings. The lowest BCUT2D eigenvalue weighted by Gasteiger charge is -2.15. The van der Waals surface area contributed by atoms with E-state index in [0.29, 0.717) is 12.0 Å². The summed E-state index contributed by atoms with van der Waals surface area (Å²) in [5.41, 5.74) is 0.348. The number of phenols is 2. The van der Waals surface area contributed by atoms with Crippen molar-refractivity contribution >= 4 is 17.6 Å². The van der Waals surface area contributed by atoms with E-state index in [9.17, 15) is 15.0 Å². The molecular formula is C15H19ClO4. The fourth-order valence-electron chi connectivity index (χ4n) is 1.86. The summed E-state index contributed by atoms with van der Waals surface area (Å²) in [5.74, 6) is -1.11. The molecule has 0 unspecified atom stereocenters. The van der Waals surface area contributed by atoms with Crippen molar-refractivity contribution in [2.24, 2.45) is 0 Å². The number of phenolic OH excluding ortho intramolecular Hbond substituents is 2. The molecule has 0 saturated heterocycles. The van der Waals surface area contributed by atoms with E-state index in [2.05, 4.69) is 6.58 Å². The molecule has 4 nitrogen and oxygen atoms in total. The number of allylic oxidation sites excluding steroid dienone is 1. The zero-order valence-electron chi connectivity index (χ0n) is 11.4. The second kappa shape index (κ2) is 7.80. The SMILES string of the molecule is C=CCCC[C@H](C)OC(=O)c1c(O)cc(O)cc1CCl. The van der Waals surface area contributed by atoms with E-state index in [-0.39, 0.29) is 29.0 Å². The number of hydrogen-bond donors (Lipinski definition) is 2. The number of aromatic hydroxyl groups is 2. The maximum absolute atomic E-state index is 12.1. The summed E-state index contributed by atoms with van der Waals surface area (Å²) in [7, 11) is 0. The first-order chi connectivity index (χ1) is 9.49. The van der Waals surface area contributed by atoms with Gasteiger partial charge in [-0.3, -0.25) is 0 Å². The van der Waals surface area contributed by atoms with Gasteiger partial charge in [0.05, 0.1) is 6.10 Å². The largest absolute Gasteiger partial charge is 0.508 e. The number of rotatable bonds is 7. The number of halogens is 1. The molecule has 1 aromatic rings. The van der Waals surface area contributed by atoms with Crippen molar-refractivity contribution in [1.82, 2.24) is 0 Å². The Morgan fingerprint density at radius 2 is 2.20 bits per heavy atom. The van der Waals surface area contributed by atoms with Crippen LogP contribution in [-0.4, -0.2) is 22.3 Å². The molecule has 0 saturated carbocycles. The number of alkyl halides is 1. The molecule has 2 N–H and O–H groups in total. The first-order valence-electron chi connectivity index (χ1n) is 6.42. The first-order valence-corrected chi connectivity index (χ1v) is 6.95. The highest BCUT2D eigenvalue weighted by Gasteiger charge is 2.20. The van der Waals surface area contributed by atoms with Crippen LogP contribution >= 0.6 is 11.6 Å². The van der Waals surface area contributed by atoms with Crippen molar-refractivity contribution in [2.75, 3.05) is 0 Å². The van der Waals surface area contributed by atoms with Crippen molar-refractivity contribution in [2.45, 2.75) is 38.2 Å². The van der Waals surface area contributed by atoms with Crippen LogP contribution in [0.15, 0.2) is 24.8 Å². The Morgan fingerprint density at radius 3 is 2.80 bits per heavy atom. The van der Waals surface area contributed by atoms with Gasteiger partial charge in [-0.2, -0.15) is 0 Å². The predicted molar refractivity (Wildman–Crippen MR) is 78.3 cm³/mol. The van der Waals surface area contributed by atoms with E-state index in [1.807, 2.05) is 6.08 Å². The van der Waals surface area contributed by atoms with Crippen LogP contribution in [0.1, 0.15) is 42.1 Å². The monoisotopic (exact) mass is 298 g/mol. The van der Waals surface area contributed by atoms with Crippen molar-refractivity contribution in [3.63, 3.8) is 0 Å². The van der Waals surface area contributed by atoms with Gasteiger partial charge in [0, 0.05) is 11.9 Å². The molecule has 110 valence electrons. The summed E-state index contributed by atoms with van der Waals surface area (Å²) in [6.07, 6.45) is 4.00. The summed E-state index contributed by atoms with van der Waals surface area (Å²) < 4.78 is 5.27. The van der Waals surface area contributed by atoms with Crippen LogP contribution in [0.3, 0.4) is 0 Å². The molecule has 20 heavy (non-hydrogen) atoms. The Labute approximate surface area is 123 Å². The number of unbranched alkanes of at least 4 members (excludes halogenated alkanes) is 1. The lowest BCUT2D eigenvalue weighted by molar-refractivity contribution is 0.0317. The van der Waals surface area contributed by atoms with Gasteiger partial charge >= 0.3 is 5.97 Å².